The van der Waals surface area contributed by atoms with Crippen molar-refractivity contribution in [3.05, 3.63) is 0 Å². The van der Waals surface area contributed by atoms with Crippen LogP contribution in [0.5, 0.6) is 0 Å². The number of rotatable bonds is 21. The topological polar surface area (TPSA) is 131 Å². The number of esters is 1. The highest BCUT2D eigenvalue weighted by atomic mass is 31.2. The van der Waals surface area contributed by atoms with E-state index < -0.39 is 26.5 Å². The van der Waals surface area contributed by atoms with Crippen molar-refractivity contribution in [2.75, 3.05) is 26.4 Å². The molecule has 0 radical (unpaired) electrons. The van der Waals surface area contributed by atoms with Gasteiger partial charge in [-0.2, -0.15) is 0 Å². The van der Waals surface area contributed by atoms with Crippen LogP contribution in [0.25, 0.3) is 0 Å². The van der Waals surface area contributed by atoms with Gasteiger partial charge in [0.05, 0.1) is 13.2 Å². The minimum atomic E-state index is -4.37. The molecule has 0 heterocycles. The smallest absolute Gasteiger partial charge is 0.463 e. The molecule has 0 aromatic rings. The number of amides is 1. The van der Waals surface area contributed by atoms with E-state index in [1.807, 2.05) is 6.92 Å². The Morgan fingerprint density at radius 3 is 2.13 bits per heavy atom. The van der Waals surface area contributed by atoms with E-state index in [-0.39, 0.29) is 32.1 Å². The van der Waals surface area contributed by atoms with Crippen molar-refractivity contribution in [1.29, 1.82) is 0 Å². The summed E-state index contributed by atoms with van der Waals surface area (Å²) in [6, 6.07) is 0. The lowest BCUT2D eigenvalue weighted by Gasteiger charge is -2.15. The number of hydrogen-bond acceptors (Lipinski definition) is 7. The molecule has 0 aliphatic carbocycles. The molecule has 10 heteroatoms. The summed E-state index contributed by atoms with van der Waals surface area (Å²) in [5, 5.41) is 12.3. The number of aliphatic hydroxyl groups excluding tert-OH is 1. The van der Waals surface area contributed by atoms with Crippen LogP contribution in [-0.2, 0) is 27.9 Å². The van der Waals surface area contributed by atoms with Crippen molar-refractivity contribution < 1.29 is 37.9 Å². The fraction of sp³-hybridized carbons (Fsp3) is 0.905. The fourth-order valence-electron chi connectivity index (χ4n) is 2.71. The molecule has 0 aliphatic rings. The first-order chi connectivity index (χ1) is 14.8. The van der Waals surface area contributed by atoms with Crippen molar-refractivity contribution >= 4 is 19.7 Å². The van der Waals surface area contributed by atoms with Crippen LogP contribution >= 0.6 is 7.82 Å². The van der Waals surface area contributed by atoms with Gasteiger partial charge in [0.25, 0.3) is 0 Å². The van der Waals surface area contributed by atoms with Gasteiger partial charge in [-0.3, -0.25) is 18.6 Å². The number of carbonyl (C=O) groups is 2. The number of nitrogens with one attached hydrogen (secondary N) is 1. The average molecular weight is 468 g/mol. The molecule has 0 aliphatic heterocycles. The molecule has 2 atom stereocenters. The Morgan fingerprint density at radius 2 is 1.48 bits per heavy atom. The molecule has 0 bridgehead atoms. The van der Waals surface area contributed by atoms with Gasteiger partial charge in [0.2, 0.25) is 5.91 Å². The van der Waals surface area contributed by atoms with Gasteiger partial charge in [-0.15, -0.1) is 0 Å². The van der Waals surface area contributed by atoms with Crippen molar-refractivity contribution in [3.8, 4) is 0 Å². The zero-order chi connectivity index (χ0) is 23.4. The first-order valence-corrected chi connectivity index (χ1v) is 13.0. The SMILES string of the molecule is CCCCCCCCCCC(=O)NCCOP(=O)(O)OCC(O)COC(=O)CCCC. The number of unbranched alkanes of at least 4 members (excludes halogenated alkanes) is 8. The second-order valence-corrected chi connectivity index (χ2v) is 9.07. The van der Waals surface area contributed by atoms with E-state index in [9.17, 15) is 24.2 Å². The number of ether oxygens (including phenoxy) is 1. The van der Waals surface area contributed by atoms with E-state index in [1.165, 1.54) is 32.1 Å². The molecule has 1 amide bonds. The molecule has 3 N–H and O–H groups in total. The van der Waals surface area contributed by atoms with Gasteiger partial charge < -0.3 is 20.1 Å². The van der Waals surface area contributed by atoms with Gasteiger partial charge >= 0.3 is 13.8 Å². The maximum atomic E-state index is 11.8. The summed E-state index contributed by atoms with van der Waals surface area (Å²) in [5.41, 5.74) is 0. The van der Waals surface area contributed by atoms with Crippen molar-refractivity contribution in [3.63, 3.8) is 0 Å². The highest BCUT2D eigenvalue weighted by molar-refractivity contribution is 7.47. The lowest BCUT2D eigenvalue weighted by molar-refractivity contribution is -0.147. The van der Waals surface area contributed by atoms with Crippen LogP contribution < -0.4 is 5.32 Å². The maximum absolute atomic E-state index is 11.8. The second-order valence-electron chi connectivity index (χ2n) is 7.61. The van der Waals surface area contributed by atoms with E-state index >= 15 is 0 Å². The summed E-state index contributed by atoms with van der Waals surface area (Å²) in [7, 11) is -4.37. The molecule has 0 saturated heterocycles. The summed E-state index contributed by atoms with van der Waals surface area (Å²) in [5.74, 6) is -0.560. The van der Waals surface area contributed by atoms with Gasteiger partial charge in [0.15, 0.2) is 0 Å². The molecule has 0 rings (SSSR count). The van der Waals surface area contributed by atoms with Crippen LogP contribution in [0.15, 0.2) is 0 Å². The largest absolute Gasteiger partial charge is 0.472 e. The molecule has 9 nitrogen and oxygen atoms in total. The van der Waals surface area contributed by atoms with E-state index in [4.69, 9.17) is 9.26 Å². The zero-order valence-electron chi connectivity index (χ0n) is 19.2. The Kier molecular flexibility index (Phi) is 19.0. The van der Waals surface area contributed by atoms with Gasteiger partial charge in [0, 0.05) is 19.4 Å². The molecule has 184 valence electrons. The molecule has 2 unspecified atom stereocenters. The monoisotopic (exact) mass is 467 g/mol. The van der Waals surface area contributed by atoms with Crippen LogP contribution in [0.4, 0.5) is 0 Å². The number of carbonyl (C=O) groups excluding carboxylic acids is 2. The molecular formula is C21H42NO8P. The molecule has 0 spiro atoms. The van der Waals surface area contributed by atoms with Gasteiger partial charge in [-0.1, -0.05) is 65.2 Å². The summed E-state index contributed by atoms with van der Waals surface area (Å²) >= 11 is 0. The fourth-order valence-corrected chi connectivity index (χ4v) is 3.46. The Morgan fingerprint density at radius 1 is 0.871 bits per heavy atom. The van der Waals surface area contributed by atoms with Crippen LogP contribution in [0, 0.1) is 0 Å². The number of aliphatic hydroxyl groups is 1. The van der Waals surface area contributed by atoms with E-state index in [0.717, 1.165) is 25.7 Å². The molecule has 31 heavy (non-hydrogen) atoms. The van der Waals surface area contributed by atoms with Gasteiger partial charge in [-0.25, -0.2) is 4.57 Å². The van der Waals surface area contributed by atoms with E-state index in [1.54, 1.807) is 0 Å². The highest BCUT2D eigenvalue weighted by Crippen LogP contribution is 2.42. The lowest BCUT2D eigenvalue weighted by atomic mass is 10.1. The zero-order valence-corrected chi connectivity index (χ0v) is 20.1. The number of phosphoric acid groups is 1. The second kappa shape index (κ2) is 19.7. The Hall–Kier alpha value is -0.990. The third-order valence-corrected chi connectivity index (χ3v) is 5.52. The molecule has 0 saturated carbocycles. The van der Waals surface area contributed by atoms with E-state index in [0.29, 0.717) is 12.8 Å². The molecule has 0 aromatic heterocycles. The van der Waals surface area contributed by atoms with Crippen LogP contribution in [0.3, 0.4) is 0 Å². The maximum Gasteiger partial charge on any atom is 0.472 e. The molecule has 0 fully saturated rings. The summed E-state index contributed by atoms with van der Waals surface area (Å²) in [6.07, 6.45) is 10.2. The standard InChI is InChI=1S/C21H42NO8P/c1-3-5-7-8-9-10-11-12-13-20(24)22-15-16-29-31(26,27)30-18-19(23)17-28-21(25)14-6-4-2/h19,23H,3-18H2,1-2H3,(H,22,24)(H,26,27). The van der Waals surface area contributed by atoms with Crippen molar-refractivity contribution in [2.45, 2.75) is 97.0 Å². The molecule has 0 aromatic carbocycles. The summed E-state index contributed by atoms with van der Waals surface area (Å²) < 4.78 is 26.0. The van der Waals surface area contributed by atoms with Gasteiger partial charge in [0.1, 0.15) is 12.7 Å². The van der Waals surface area contributed by atoms with Gasteiger partial charge in [-0.05, 0) is 12.8 Å². The lowest BCUT2D eigenvalue weighted by Crippen LogP contribution is -2.27. The van der Waals surface area contributed by atoms with Crippen LogP contribution in [0.2, 0.25) is 0 Å². The Labute approximate surface area is 186 Å². The Bertz CT molecular complexity index is 518. The molecular weight excluding hydrogens is 425 g/mol. The summed E-state index contributed by atoms with van der Waals surface area (Å²) in [6.45, 7) is 3.19. The highest BCUT2D eigenvalue weighted by Gasteiger charge is 2.23. The third kappa shape index (κ3) is 20.7. The summed E-state index contributed by atoms with van der Waals surface area (Å²) in [4.78, 5) is 32.7. The first-order valence-electron chi connectivity index (χ1n) is 11.5. The first kappa shape index (κ1) is 30.0. The third-order valence-electron chi connectivity index (χ3n) is 4.54. The Balaban J connectivity index is 3.70. The quantitative estimate of drug-likeness (QED) is 0.132. The minimum Gasteiger partial charge on any atom is -0.463 e. The predicted molar refractivity (Wildman–Crippen MR) is 118 cm³/mol. The predicted octanol–water partition coefficient (Wildman–Crippen LogP) is 3.86. The van der Waals surface area contributed by atoms with E-state index in [2.05, 4.69) is 16.8 Å². The number of hydrogen-bond donors (Lipinski definition) is 3. The number of phosphoric ester groups is 1. The minimum absolute atomic E-state index is 0.0847. The van der Waals surface area contributed by atoms with Crippen molar-refractivity contribution in [1.82, 2.24) is 5.32 Å². The van der Waals surface area contributed by atoms with Crippen LogP contribution in [-0.4, -0.2) is 54.3 Å². The average Bonchev–Trinajstić information content (AvgIpc) is 2.74. The normalized spacial score (nSPS) is 14.1. The van der Waals surface area contributed by atoms with Crippen molar-refractivity contribution in [2.24, 2.45) is 0 Å². The van der Waals surface area contributed by atoms with Crippen LogP contribution in [0.1, 0.15) is 90.9 Å².